The van der Waals surface area contributed by atoms with E-state index in [9.17, 15) is 0 Å². The van der Waals surface area contributed by atoms with Gasteiger partial charge in [0.25, 0.3) is 0 Å². The van der Waals surface area contributed by atoms with E-state index in [0.29, 0.717) is 0 Å². The van der Waals surface area contributed by atoms with Gasteiger partial charge in [-0.3, -0.25) is 0 Å². The Labute approximate surface area is 232 Å². The third-order valence-corrected chi connectivity index (χ3v) is 14.6. The van der Waals surface area contributed by atoms with E-state index in [-0.39, 0.29) is 0 Å². The van der Waals surface area contributed by atoms with E-state index < -0.39 is 0 Å². The highest BCUT2D eigenvalue weighted by Gasteiger charge is 2.21. The van der Waals surface area contributed by atoms with Gasteiger partial charge in [-0.25, -0.2) is 0 Å². The molecule has 0 unspecified atom stereocenters. The van der Waals surface area contributed by atoms with Crippen LogP contribution in [-0.4, -0.2) is 0 Å². The third-order valence-electron chi connectivity index (χ3n) is 6.33. The predicted octanol–water partition coefficient (Wildman–Crippen LogP) is 9.33. The largest absolute Gasteiger partial charge is 0.132 e. The molecular weight excluding hydrogens is 553 g/mol. The van der Waals surface area contributed by atoms with Crippen LogP contribution in [0.3, 0.4) is 0 Å². The SMILES string of the molecule is c1ccc2c(c1)SC(=c1s/c(=c3\sc(=C4Sc5ccccc5S4)c4ccccc34)c3ccccc13)S2. The van der Waals surface area contributed by atoms with Gasteiger partial charge in [-0.2, -0.15) is 0 Å². The molecule has 0 fully saturated rings. The molecule has 0 aliphatic carbocycles. The molecule has 4 heterocycles. The van der Waals surface area contributed by atoms with Crippen molar-refractivity contribution in [2.45, 2.75) is 19.6 Å². The Morgan fingerprint density at radius 1 is 0.306 bits per heavy atom. The monoisotopic (exact) mass is 568 g/mol. The fourth-order valence-electron chi connectivity index (χ4n) is 4.69. The molecule has 0 N–H and O–H groups in total. The fraction of sp³-hybridized carbons (Fsp3) is 0. The number of hydrogen-bond donors (Lipinski definition) is 0. The van der Waals surface area contributed by atoms with Crippen molar-refractivity contribution in [1.29, 1.82) is 0 Å². The summed E-state index contributed by atoms with van der Waals surface area (Å²) in [5.41, 5.74) is 0. The molecule has 2 aliphatic rings. The van der Waals surface area contributed by atoms with Crippen molar-refractivity contribution in [2.75, 3.05) is 0 Å². The molecule has 172 valence electrons. The first-order valence-electron chi connectivity index (χ1n) is 11.5. The second-order valence-corrected chi connectivity index (χ2v) is 15.3. The Bertz CT molecular complexity index is 1860. The van der Waals surface area contributed by atoms with Crippen molar-refractivity contribution < 1.29 is 0 Å². The Kier molecular flexibility index (Phi) is 5.35. The molecule has 0 radical (unpaired) electrons. The van der Waals surface area contributed by atoms with E-state index in [4.69, 9.17) is 0 Å². The van der Waals surface area contributed by atoms with Crippen LogP contribution in [-0.2, 0) is 0 Å². The highest BCUT2D eigenvalue weighted by Crippen LogP contribution is 2.53. The van der Waals surface area contributed by atoms with Crippen LogP contribution in [0.4, 0.5) is 0 Å². The van der Waals surface area contributed by atoms with Crippen LogP contribution in [0.15, 0.2) is 117 Å². The number of rotatable bonds is 0. The van der Waals surface area contributed by atoms with Gasteiger partial charge >= 0.3 is 0 Å². The minimum absolute atomic E-state index is 1.36. The lowest BCUT2D eigenvalue weighted by Crippen LogP contribution is -1.93. The predicted molar refractivity (Wildman–Crippen MR) is 164 cm³/mol. The lowest BCUT2D eigenvalue weighted by molar-refractivity contribution is 1.27. The summed E-state index contributed by atoms with van der Waals surface area (Å²) in [6.45, 7) is 0. The minimum Gasteiger partial charge on any atom is -0.132 e. The molecule has 0 saturated heterocycles. The summed E-state index contributed by atoms with van der Waals surface area (Å²) < 4.78 is 8.38. The van der Waals surface area contributed by atoms with E-state index in [2.05, 4.69) is 97.1 Å². The van der Waals surface area contributed by atoms with Gasteiger partial charge in [-0.05, 0) is 24.3 Å². The topological polar surface area (TPSA) is 0 Å². The Morgan fingerprint density at radius 3 is 0.917 bits per heavy atom. The average molecular weight is 569 g/mol. The van der Waals surface area contributed by atoms with Crippen molar-refractivity contribution in [3.8, 4) is 0 Å². The van der Waals surface area contributed by atoms with Crippen LogP contribution in [0.5, 0.6) is 0 Å². The van der Waals surface area contributed by atoms with Crippen LogP contribution in [0.1, 0.15) is 0 Å². The zero-order valence-electron chi connectivity index (χ0n) is 18.7. The number of thioether (sulfide) groups is 4. The maximum Gasteiger partial charge on any atom is 0.0678 e. The maximum atomic E-state index is 2.30. The van der Waals surface area contributed by atoms with Crippen molar-refractivity contribution in [2.24, 2.45) is 0 Å². The maximum absolute atomic E-state index is 2.30. The summed E-state index contributed by atoms with van der Waals surface area (Å²) in [5, 5.41) is 5.45. The number of benzene rings is 4. The molecular formula is C30H16S6. The molecule has 0 spiro atoms. The first-order valence-corrected chi connectivity index (χ1v) is 16.4. The molecule has 0 saturated carbocycles. The van der Waals surface area contributed by atoms with Crippen LogP contribution in [0, 0.1) is 9.06 Å². The first kappa shape index (κ1) is 22.0. The van der Waals surface area contributed by atoms with Gasteiger partial charge in [-0.1, -0.05) is 120 Å². The summed E-state index contributed by atoms with van der Waals surface area (Å²) >= 11 is 11.6. The minimum atomic E-state index is 1.36. The fourth-order valence-corrected chi connectivity index (χ4v) is 12.9. The first-order chi connectivity index (χ1) is 17.8. The number of hydrogen-bond acceptors (Lipinski definition) is 6. The van der Waals surface area contributed by atoms with Crippen molar-refractivity contribution >= 4 is 99.7 Å². The second kappa shape index (κ2) is 8.76. The number of thiophene rings is 2. The Hall–Kier alpha value is -2.06. The van der Waals surface area contributed by atoms with Gasteiger partial charge in [0.2, 0.25) is 0 Å². The molecule has 0 bridgehead atoms. The molecule has 4 aromatic carbocycles. The highest BCUT2D eigenvalue weighted by atomic mass is 32.2. The molecule has 0 atom stereocenters. The van der Waals surface area contributed by atoms with E-state index in [1.165, 1.54) is 67.7 Å². The highest BCUT2D eigenvalue weighted by molar-refractivity contribution is 8.32. The summed E-state index contributed by atoms with van der Waals surface area (Å²) in [6.07, 6.45) is 0. The van der Waals surface area contributed by atoms with Crippen LogP contribution < -0.4 is 9.06 Å². The average Bonchev–Trinajstić information content (AvgIpc) is 3.70. The van der Waals surface area contributed by atoms with E-state index in [0.717, 1.165) is 0 Å². The van der Waals surface area contributed by atoms with E-state index in [1.807, 2.05) is 69.7 Å². The van der Waals surface area contributed by atoms with Crippen molar-refractivity contribution in [3.05, 3.63) is 115 Å². The molecule has 2 aliphatic heterocycles. The summed E-state index contributed by atoms with van der Waals surface area (Å²) in [7, 11) is 0. The molecule has 8 rings (SSSR count). The molecule has 0 nitrogen and oxygen atoms in total. The smallest absolute Gasteiger partial charge is 0.0678 e. The Balaban J connectivity index is 1.48. The van der Waals surface area contributed by atoms with Gasteiger partial charge in [0.15, 0.2) is 0 Å². The normalized spacial score (nSPS) is 15.7. The zero-order chi connectivity index (χ0) is 23.6. The molecule has 6 aromatic rings. The standard InChI is InChI=1S/C30H16S6/c1-3-11-19-17(9-1)25(35-27(19)29-31-21-13-5-6-14-22(21)32-29)26-18-10-2-4-12-20(18)28(36-26)30-33-23-15-7-8-16-24(23)34-30/h1-16H/b26-25-. The van der Waals surface area contributed by atoms with Crippen LogP contribution in [0.25, 0.3) is 30.0 Å². The number of fused-ring (bicyclic) bond motifs is 4. The summed E-state index contributed by atoms with van der Waals surface area (Å²) in [6, 6.07) is 35.4. The van der Waals surface area contributed by atoms with Gasteiger partial charge in [0.05, 0.1) is 26.6 Å². The summed E-state index contributed by atoms with van der Waals surface area (Å²) in [4.78, 5) is 5.47. The third kappa shape index (κ3) is 3.46. The lowest BCUT2D eigenvalue weighted by Gasteiger charge is -1.92. The molecule has 0 amide bonds. The summed E-state index contributed by atoms with van der Waals surface area (Å²) in [5.74, 6) is 0. The van der Waals surface area contributed by atoms with Gasteiger partial charge in [0.1, 0.15) is 0 Å². The second-order valence-electron chi connectivity index (χ2n) is 8.49. The molecule has 36 heavy (non-hydrogen) atoms. The molecule has 2 aromatic heterocycles. The van der Waals surface area contributed by atoms with Crippen molar-refractivity contribution in [3.63, 3.8) is 0 Å². The van der Waals surface area contributed by atoms with E-state index >= 15 is 0 Å². The van der Waals surface area contributed by atoms with E-state index in [1.54, 1.807) is 0 Å². The van der Waals surface area contributed by atoms with Crippen LogP contribution in [0.2, 0.25) is 0 Å². The van der Waals surface area contributed by atoms with Crippen LogP contribution >= 0.6 is 69.7 Å². The zero-order valence-corrected chi connectivity index (χ0v) is 23.6. The van der Waals surface area contributed by atoms with Gasteiger partial charge < -0.3 is 0 Å². The van der Waals surface area contributed by atoms with Gasteiger partial charge in [-0.15, -0.1) is 22.7 Å². The van der Waals surface area contributed by atoms with Crippen molar-refractivity contribution in [1.82, 2.24) is 0 Å². The lowest BCUT2D eigenvalue weighted by atomic mass is 10.1. The van der Waals surface area contributed by atoms with Gasteiger partial charge in [0, 0.05) is 41.1 Å². The quantitative estimate of drug-likeness (QED) is 0.179. The Morgan fingerprint density at radius 2 is 0.583 bits per heavy atom. The molecule has 6 heteroatoms.